The maximum absolute atomic E-state index is 12.1. The predicted octanol–water partition coefficient (Wildman–Crippen LogP) is 0.748. The van der Waals surface area contributed by atoms with E-state index in [-0.39, 0.29) is 17.2 Å². The Morgan fingerprint density at radius 2 is 1.50 bits per heavy atom. The average Bonchev–Trinajstić information content (AvgIpc) is 2.16. The van der Waals surface area contributed by atoms with Crippen molar-refractivity contribution in [3.05, 3.63) is 0 Å². The molecule has 2 amide bonds. The molecule has 0 aromatic heterocycles. The highest BCUT2D eigenvalue weighted by molar-refractivity contribution is 6.38. The van der Waals surface area contributed by atoms with E-state index in [9.17, 15) is 9.59 Å². The van der Waals surface area contributed by atoms with E-state index < -0.39 is 9.84 Å². The van der Waals surface area contributed by atoms with Crippen LogP contribution in [-0.4, -0.2) is 43.9 Å². The Morgan fingerprint density at radius 3 is 1.75 bits per heavy atom. The van der Waals surface area contributed by atoms with Crippen LogP contribution >= 0.6 is 0 Å². The molecule has 0 N–H and O–H groups in total. The molecule has 0 bridgehead atoms. The highest BCUT2D eigenvalue weighted by Gasteiger charge is 2.27. The van der Waals surface area contributed by atoms with Gasteiger partial charge in [0.2, 0.25) is 21.7 Å². The molecule has 0 saturated heterocycles. The highest BCUT2D eigenvalue weighted by atomic mass is 28.2. The van der Waals surface area contributed by atoms with Gasteiger partial charge in [-0.05, 0) is 13.8 Å². The zero-order chi connectivity index (χ0) is 12.9. The molecule has 0 unspecified atom stereocenters. The zero-order valence-electron chi connectivity index (χ0n) is 11.3. The fourth-order valence-corrected chi connectivity index (χ4v) is 3.02. The number of hydrogen-bond acceptors (Lipinski definition) is 2. The summed E-state index contributed by atoms with van der Waals surface area (Å²) in [6, 6.07) is 0. The molecule has 0 saturated carbocycles. The van der Waals surface area contributed by atoms with Gasteiger partial charge in [0.25, 0.3) is 0 Å². The van der Waals surface area contributed by atoms with Gasteiger partial charge in [-0.1, -0.05) is 20.8 Å². The summed E-state index contributed by atoms with van der Waals surface area (Å²) in [5.41, 5.74) is -0.362. The lowest BCUT2D eigenvalue weighted by molar-refractivity contribution is -0.135. The van der Waals surface area contributed by atoms with Crippen LogP contribution in [0, 0.1) is 5.41 Å². The number of hydrogen-bond donors (Lipinski definition) is 0. The van der Waals surface area contributed by atoms with E-state index in [1.54, 1.807) is 11.5 Å². The van der Waals surface area contributed by atoms with Crippen LogP contribution in [0.4, 0.5) is 0 Å². The van der Waals surface area contributed by atoms with Gasteiger partial charge in [0.15, 0.2) is 0 Å². The van der Waals surface area contributed by atoms with Crippen LogP contribution in [0.1, 0.15) is 41.5 Å². The first-order valence-corrected chi connectivity index (χ1v) is 7.05. The van der Waals surface area contributed by atoms with Crippen LogP contribution < -0.4 is 0 Å². The van der Waals surface area contributed by atoms with Gasteiger partial charge in [0, 0.05) is 25.4 Å². The molecule has 4 nitrogen and oxygen atoms in total. The van der Waals surface area contributed by atoms with Crippen LogP contribution in [0.25, 0.3) is 0 Å². The molecule has 0 radical (unpaired) electrons. The molecule has 0 heterocycles. The lowest BCUT2D eigenvalue weighted by Crippen LogP contribution is -2.49. The van der Waals surface area contributed by atoms with Crippen LogP contribution in [0.3, 0.4) is 0 Å². The Hall–Kier alpha value is -0.843. The molecule has 0 spiro atoms. The Labute approximate surface area is 101 Å². The van der Waals surface area contributed by atoms with Gasteiger partial charge >= 0.3 is 0 Å². The Kier molecular flexibility index (Phi) is 5.71. The fraction of sp³-hybridized carbons (Fsp3) is 0.818. The third-order valence-electron chi connectivity index (χ3n) is 2.48. The minimum atomic E-state index is -0.968. The van der Waals surface area contributed by atoms with E-state index in [4.69, 9.17) is 0 Å². The van der Waals surface area contributed by atoms with Gasteiger partial charge in [-0.3, -0.25) is 9.59 Å². The maximum atomic E-state index is 12.1. The first-order chi connectivity index (χ1) is 7.23. The number of nitrogens with zero attached hydrogens (tertiary/aromatic N) is 2. The van der Waals surface area contributed by atoms with Crippen molar-refractivity contribution in [3.8, 4) is 0 Å². The minimum absolute atomic E-state index is 0.0642. The molecular weight excluding hydrogens is 220 g/mol. The molecule has 0 aromatic rings. The molecule has 5 heteroatoms. The molecule has 0 fully saturated rings. The third-order valence-corrected chi connectivity index (χ3v) is 4.79. The molecule has 0 aromatic carbocycles. The molecular formula is C11H24N2O2Si. The van der Waals surface area contributed by atoms with E-state index in [0.717, 1.165) is 0 Å². The van der Waals surface area contributed by atoms with Gasteiger partial charge in [-0.2, -0.15) is 0 Å². The summed E-state index contributed by atoms with van der Waals surface area (Å²) in [6.07, 6.45) is 0. The van der Waals surface area contributed by atoms with Gasteiger partial charge in [0.05, 0.1) is 0 Å². The smallest absolute Gasteiger partial charge is 0.235 e. The van der Waals surface area contributed by atoms with Crippen molar-refractivity contribution >= 4 is 21.7 Å². The summed E-state index contributed by atoms with van der Waals surface area (Å²) in [6.45, 7) is 12.6. The van der Waals surface area contributed by atoms with Gasteiger partial charge in [-0.15, -0.1) is 0 Å². The zero-order valence-corrected chi connectivity index (χ0v) is 12.7. The summed E-state index contributed by atoms with van der Waals surface area (Å²) in [5.74, 6) is 0.204. The topological polar surface area (TPSA) is 40.6 Å². The first kappa shape index (κ1) is 15.2. The van der Waals surface area contributed by atoms with E-state index in [2.05, 4.69) is 0 Å². The van der Waals surface area contributed by atoms with Crippen LogP contribution in [0.15, 0.2) is 0 Å². The Balaban J connectivity index is 4.64. The summed E-state index contributed by atoms with van der Waals surface area (Å²) < 4.78 is 3.65. The number of amides is 2. The standard InChI is InChI=1S/C11H24N2O2Si/c1-7-12(9(3)14)16-13(8-2)10(15)11(4,5)6/h7-8,16H2,1-6H3. The van der Waals surface area contributed by atoms with Crippen LogP contribution in [-0.2, 0) is 9.59 Å². The molecule has 16 heavy (non-hydrogen) atoms. The summed E-state index contributed by atoms with van der Waals surface area (Å²) in [7, 11) is -0.968. The second-order valence-electron chi connectivity index (χ2n) is 4.93. The van der Waals surface area contributed by atoms with E-state index >= 15 is 0 Å². The maximum Gasteiger partial charge on any atom is 0.235 e. The molecule has 0 aliphatic rings. The average molecular weight is 244 g/mol. The van der Waals surface area contributed by atoms with Crippen molar-refractivity contribution in [1.82, 2.24) is 9.13 Å². The van der Waals surface area contributed by atoms with Crippen molar-refractivity contribution in [2.45, 2.75) is 41.5 Å². The monoisotopic (exact) mass is 244 g/mol. The number of carbonyl (C=O) groups excluding carboxylic acids is 2. The molecule has 0 rings (SSSR count). The summed E-state index contributed by atoms with van der Waals surface area (Å²) >= 11 is 0. The SMILES string of the molecule is CCN([SiH2]N(CC)C(=O)C(C)(C)C)C(C)=O. The van der Waals surface area contributed by atoms with Crippen molar-refractivity contribution in [1.29, 1.82) is 0 Å². The lowest BCUT2D eigenvalue weighted by Gasteiger charge is -2.32. The van der Waals surface area contributed by atoms with Crippen LogP contribution in [0.5, 0.6) is 0 Å². The van der Waals surface area contributed by atoms with Crippen molar-refractivity contribution in [2.24, 2.45) is 5.41 Å². The van der Waals surface area contributed by atoms with Crippen molar-refractivity contribution in [2.75, 3.05) is 13.1 Å². The normalized spacial score (nSPS) is 11.9. The number of rotatable bonds is 4. The second kappa shape index (κ2) is 6.03. The largest absolute Gasteiger partial charge is 0.357 e. The quantitative estimate of drug-likeness (QED) is 0.685. The summed E-state index contributed by atoms with van der Waals surface area (Å²) in [4.78, 5) is 23.4. The molecule has 0 atom stereocenters. The highest BCUT2D eigenvalue weighted by Crippen LogP contribution is 2.16. The van der Waals surface area contributed by atoms with Crippen molar-refractivity contribution < 1.29 is 9.59 Å². The Morgan fingerprint density at radius 1 is 1.06 bits per heavy atom. The molecule has 0 aliphatic carbocycles. The predicted molar refractivity (Wildman–Crippen MR) is 68.4 cm³/mol. The van der Waals surface area contributed by atoms with Gasteiger partial charge in [0.1, 0.15) is 0 Å². The fourth-order valence-electron chi connectivity index (χ4n) is 1.41. The van der Waals surface area contributed by atoms with Crippen LogP contribution in [0.2, 0.25) is 0 Å². The lowest BCUT2D eigenvalue weighted by atomic mass is 9.96. The van der Waals surface area contributed by atoms with E-state index in [1.807, 2.05) is 39.2 Å². The molecule has 0 aliphatic heterocycles. The van der Waals surface area contributed by atoms with Gasteiger partial charge < -0.3 is 9.13 Å². The third kappa shape index (κ3) is 4.34. The first-order valence-electron chi connectivity index (χ1n) is 5.78. The van der Waals surface area contributed by atoms with E-state index in [1.165, 1.54) is 0 Å². The molecule has 94 valence electrons. The van der Waals surface area contributed by atoms with Crippen molar-refractivity contribution in [3.63, 3.8) is 0 Å². The van der Waals surface area contributed by atoms with E-state index in [0.29, 0.717) is 13.1 Å². The summed E-state index contributed by atoms with van der Waals surface area (Å²) in [5, 5.41) is 0. The minimum Gasteiger partial charge on any atom is -0.357 e. The van der Waals surface area contributed by atoms with Gasteiger partial charge in [-0.25, -0.2) is 0 Å². The number of carbonyl (C=O) groups is 2. The Bertz CT molecular complexity index is 261. The second-order valence-corrected chi connectivity index (χ2v) is 6.74.